The van der Waals surface area contributed by atoms with E-state index in [2.05, 4.69) is 9.99 Å². The molecule has 20 heavy (non-hydrogen) atoms. The maximum absolute atomic E-state index is 11.0. The number of esters is 2. The quantitative estimate of drug-likeness (QED) is 0.311. The molecule has 0 aromatic carbocycles. The highest BCUT2D eigenvalue weighted by Crippen LogP contribution is 2.18. The van der Waals surface area contributed by atoms with Crippen LogP contribution in [0.15, 0.2) is 17.3 Å². The largest absolute Gasteiger partial charge is 0.463 e. The third kappa shape index (κ3) is 5.83. The molecule has 0 unspecified atom stereocenters. The highest BCUT2D eigenvalue weighted by molar-refractivity contribution is 5.67. The molecule has 0 N–H and O–H groups in total. The predicted molar refractivity (Wildman–Crippen MR) is 70.1 cm³/mol. The summed E-state index contributed by atoms with van der Waals surface area (Å²) in [6, 6.07) is 0. The molecule has 0 fully saturated rings. The Morgan fingerprint density at radius 3 is 2.65 bits per heavy atom. The Balaban J connectivity index is 2.63. The third-order valence-corrected chi connectivity index (χ3v) is 2.50. The fourth-order valence-electron chi connectivity index (χ4n) is 1.70. The summed E-state index contributed by atoms with van der Waals surface area (Å²) in [7, 11) is 1.45. The molecule has 1 aliphatic heterocycles. The zero-order chi connectivity index (χ0) is 15.0. The lowest BCUT2D eigenvalue weighted by atomic mass is 10.1. The summed E-state index contributed by atoms with van der Waals surface area (Å²) in [5.41, 5.74) is 0. The van der Waals surface area contributed by atoms with Crippen LogP contribution in [0.1, 0.15) is 20.3 Å². The van der Waals surface area contributed by atoms with Gasteiger partial charge in [0.25, 0.3) is 0 Å². The average Bonchev–Trinajstić information content (AvgIpc) is 2.38. The van der Waals surface area contributed by atoms with E-state index in [9.17, 15) is 9.59 Å². The minimum Gasteiger partial charge on any atom is -0.463 e. The van der Waals surface area contributed by atoms with Gasteiger partial charge in [-0.3, -0.25) is 9.59 Å². The normalized spacial score (nSPS) is 25.4. The van der Waals surface area contributed by atoms with Crippen LogP contribution in [-0.2, 0) is 28.6 Å². The van der Waals surface area contributed by atoms with E-state index < -0.39 is 24.1 Å². The number of oxime groups is 1. The average molecular weight is 285 g/mol. The van der Waals surface area contributed by atoms with Gasteiger partial charge in [-0.2, -0.15) is 0 Å². The van der Waals surface area contributed by atoms with E-state index in [1.807, 2.05) is 0 Å². The molecule has 1 heterocycles. The molecule has 0 aromatic heterocycles. The minimum absolute atomic E-state index is 0.0234. The maximum atomic E-state index is 11.0. The lowest BCUT2D eigenvalue weighted by Crippen LogP contribution is -2.41. The van der Waals surface area contributed by atoms with Crippen molar-refractivity contribution in [2.24, 2.45) is 5.16 Å². The van der Waals surface area contributed by atoms with Crippen LogP contribution in [-0.4, -0.2) is 50.2 Å². The third-order valence-electron chi connectivity index (χ3n) is 2.50. The lowest BCUT2D eigenvalue weighted by molar-refractivity contribution is -0.162. The van der Waals surface area contributed by atoms with Crippen molar-refractivity contribution in [1.29, 1.82) is 0 Å². The number of hydrogen-bond acceptors (Lipinski definition) is 7. The molecule has 0 saturated heterocycles. The standard InChI is InChI=1S/C13H19NO6/c1-9(15)18-8-13-12(19-10(2)16)5-4-11(20-13)6-7-14-17-3/h4-5,7,11-13H,6,8H2,1-3H3/b14-7-/t11-,12-,13-/m0/s1. The van der Waals surface area contributed by atoms with Crippen LogP contribution >= 0.6 is 0 Å². The lowest BCUT2D eigenvalue weighted by Gasteiger charge is -2.30. The van der Waals surface area contributed by atoms with Crippen LogP contribution in [0.4, 0.5) is 0 Å². The van der Waals surface area contributed by atoms with Crippen molar-refractivity contribution in [3.8, 4) is 0 Å². The van der Waals surface area contributed by atoms with E-state index in [4.69, 9.17) is 14.2 Å². The fourth-order valence-corrected chi connectivity index (χ4v) is 1.70. The highest BCUT2D eigenvalue weighted by atomic mass is 16.6. The SMILES string of the molecule is CO/N=C\C[C@@H]1C=C[C@H](OC(C)=O)[C@H](COC(C)=O)O1. The molecule has 0 saturated carbocycles. The van der Waals surface area contributed by atoms with Gasteiger partial charge in [0.15, 0.2) is 0 Å². The molecule has 1 aliphatic rings. The van der Waals surface area contributed by atoms with Crippen molar-refractivity contribution in [1.82, 2.24) is 0 Å². The van der Waals surface area contributed by atoms with E-state index in [1.54, 1.807) is 18.4 Å². The monoisotopic (exact) mass is 285 g/mol. The van der Waals surface area contributed by atoms with Crippen LogP contribution in [0.2, 0.25) is 0 Å². The van der Waals surface area contributed by atoms with Crippen molar-refractivity contribution in [3.63, 3.8) is 0 Å². The van der Waals surface area contributed by atoms with Crippen LogP contribution in [0.3, 0.4) is 0 Å². The van der Waals surface area contributed by atoms with E-state index in [0.717, 1.165) is 0 Å². The smallest absolute Gasteiger partial charge is 0.303 e. The second kappa shape index (κ2) is 8.31. The van der Waals surface area contributed by atoms with Gasteiger partial charge >= 0.3 is 11.9 Å². The molecule has 7 nitrogen and oxygen atoms in total. The first-order chi connectivity index (χ1) is 9.52. The molecular weight excluding hydrogens is 266 g/mol. The second-order valence-corrected chi connectivity index (χ2v) is 4.18. The summed E-state index contributed by atoms with van der Waals surface area (Å²) in [5.74, 6) is -0.835. The van der Waals surface area contributed by atoms with Gasteiger partial charge in [0, 0.05) is 26.5 Å². The van der Waals surface area contributed by atoms with E-state index >= 15 is 0 Å². The molecule has 0 amide bonds. The zero-order valence-corrected chi connectivity index (χ0v) is 11.8. The van der Waals surface area contributed by atoms with Crippen molar-refractivity contribution >= 4 is 18.2 Å². The minimum atomic E-state index is -0.567. The Kier molecular flexibility index (Phi) is 6.72. The van der Waals surface area contributed by atoms with Gasteiger partial charge in [0.1, 0.15) is 25.9 Å². The van der Waals surface area contributed by atoms with Gasteiger partial charge in [-0.1, -0.05) is 11.2 Å². The number of carbonyl (C=O) groups excluding carboxylic acids is 2. The first-order valence-electron chi connectivity index (χ1n) is 6.22. The molecule has 0 spiro atoms. The van der Waals surface area contributed by atoms with Gasteiger partial charge in [-0.05, 0) is 6.08 Å². The maximum Gasteiger partial charge on any atom is 0.303 e. The summed E-state index contributed by atoms with van der Waals surface area (Å²) >= 11 is 0. The first kappa shape index (κ1) is 16.2. The number of rotatable bonds is 6. The van der Waals surface area contributed by atoms with Gasteiger partial charge in [0.05, 0.1) is 6.10 Å². The van der Waals surface area contributed by atoms with Crippen molar-refractivity contribution in [2.75, 3.05) is 13.7 Å². The number of hydrogen-bond donors (Lipinski definition) is 0. The Labute approximate surface area is 117 Å². The summed E-state index contributed by atoms with van der Waals surface area (Å²) in [5, 5.41) is 3.62. The molecule has 0 radical (unpaired) electrons. The van der Waals surface area contributed by atoms with Gasteiger partial charge in [-0.25, -0.2) is 0 Å². The van der Waals surface area contributed by atoms with Gasteiger partial charge in [0.2, 0.25) is 0 Å². The number of nitrogens with zero attached hydrogens (tertiary/aromatic N) is 1. The van der Waals surface area contributed by atoms with E-state index in [1.165, 1.54) is 21.0 Å². The zero-order valence-electron chi connectivity index (χ0n) is 11.8. The highest BCUT2D eigenvalue weighted by Gasteiger charge is 2.30. The topological polar surface area (TPSA) is 83.4 Å². The van der Waals surface area contributed by atoms with Gasteiger partial charge < -0.3 is 19.0 Å². The Hall–Kier alpha value is -1.89. The summed E-state index contributed by atoms with van der Waals surface area (Å²) in [6.07, 6.45) is 4.25. The first-order valence-corrected chi connectivity index (χ1v) is 6.22. The number of ether oxygens (including phenoxy) is 3. The van der Waals surface area contributed by atoms with Crippen molar-refractivity contribution in [3.05, 3.63) is 12.2 Å². The Bertz CT molecular complexity index is 392. The Morgan fingerprint density at radius 1 is 1.30 bits per heavy atom. The van der Waals surface area contributed by atoms with Crippen LogP contribution in [0.5, 0.6) is 0 Å². The summed E-state index contributed by atoms with van der Waals surface area (Å²) in [6.45, 7) is 2.64. The number of carbonyl (C=O) groups is 2. The van der Waals surface area contributed by atoms with E-state index in [-0.39, 0.29) is 12.7 Å². The Morgan fingerprint density at radius 2 is 2.05 bits per heavy atom. The fraction of sp³-hybridized carbons (Fsp3) is 0.615. The summed E-state index contributed by atoms with van der Waals surface area (Å²) < 4.78 is 15.7. The summed E-state index contributed by atoms with van der Waals surface area (Å²) in [4.78, 5) is 26.5. The van der Waals surface area contributed by atoms with Crippen molar-refractivity contribution in [2.45, 2.75) is 38.6 Å². The molecule has 0 aliphatic carbocycles. The molecule has 1 rings (SSSR count). The van der Waals surface area contributed by atoms with Crippen LogP contribution in [0.25, 0.3) is 0 Å². The molecule has 112 valence electrons. The van der Waals surface area contributed by atoms with Crippen molar-refractivity contribution < 1.29 is 28.6 Å². The van der Waals surface area contributed by atoms with Crippen LogP contribution < -0.4 is 0 Å². The molecule has 7 heteroatoms. The van der Waals surface area contributed by atoms with Crippen LogP contribution in [0, 0.1) is 0 Å². The second-order valence-electron chi connectivity index (χ2n) is 4.18. The molecule has 0 bridgehead atoms. The molecule has 3 atom stereocenters. The molecular formula is C13H19NO6. The van der Waals surface area contributed by atoms with Gasteiger partial charge in [-0.15, -0.1) is 0 Å². The molecule has 0 aromatic rings. The predicted octanol–water partition coefficient (Wildman–Crippen LogP) is 0.827. The van der Waals surface area contributed by atoms with E-state index in [0.29, 0.717) is 6.42 Å².